The van der Waals surface area contributed by atoms with Crippen LogP contribution in [0.5, 0.6) is 0 Å². The Morgan fingerprint density at radius 2 is 1.58 bits per heavy atom. The molecule has 19 heavy (non-hydrogen) atoms. The second-order valence-corrected chi connectivity index (χ2v) is 5.41. The number of hydrogen-bond donors (Lipinski definition) is 1. The molecule has 0 saturated carbocycles. The van der Waals surface area contributed by atoms with E-state index >= 15 is 0 Å². The van der Waals surface area contributed by atoms with Crippen LogP contribution in [-0.2, 0) is 0 Å². The molecule has 0 bridgehead atoms. The number of aromatic carboxylic acids is 1. The van der Waals surface area contributed by atoms with Crippen LogP contribution in [-0.4, -0.2) is 11.1 Å². The molecular formula is C15H10Cl2O2. The zero-order valence-corrected chi connectivity index (χ0v) is 11.3. The first-order valence-corrected chi connectivity index (χ1v) is 6.72. The summed E-state index contributed by atoms with van der Waals surface area (Å²) >= 11 is 12.8. The number of benzene rings is 2. The monoisotopic (exact) mass is 292 g/mol. The molecule has 2 aromatic carbocycles. The fourth-order valence-electron chi connectivity index (χ4n) is 2.56. The van der Waals surface area contributed by atoms with Crippen molar-refractivity contribution in [3.8, 4) is 11.1 Å². The van der Waals surface area contributed by atoms with Gasteiger partial charge in [-0.1, -0.05) is 36.4 Å². The molecule has 0 aliphatic heterocycles. The molecule has 1 aliphatic carbocycles. The van der Waals surface area contributed by atoms with E-state index in [-0.39, 0.29) is 10.9 Å². The number of halogens is 2. The number of alkyl halides is 2. The van der Waals surface area contributed by atoms with E-state index in [0.29, 0.717) is 5.56 Å². The largest absolute Gasteiger partial charge is 0.478 e. The second-order valence-electron chi connectivity index (χ2n) is 4.47. The van der Waals surface area contributed by atoms with Gasteiger partial charge < -0.3 is 5.11 Å². The number of carboxylic acids is 1. The van der Waals surface area contributed by atoms with Crippen molar-refractivity contribution in [2.75, 3.05) is 0 Å². The number of carboxylic acid groups (broad SMARTS) is 1. The normalized spacial score (nSPS) is 20.5. The predicted molar refractivity (Wildman–Crippen MR) is 76.0 cm³/mol. The number of hydrogen-bond acceptors (Lipinski definition) is 1. The standard InChI is InChI=1S/C15H10Cl2O2/c16-13-9-5-2-1-4-8(9)12-10(14(13)17)6-3-7-11(12)15(18)19/h1-7,13-14H,(H,18,19)/t13-,14+/m0/s1. The fraction of sp³-hybridized carbons (Fsp3) is 0.133. The highest BCUT2D eigenvalue weighted by Crippen LogP contribution is 2.51. The van der Waals surface area contributed by atoms with E-state index in [4.69, 9.17) is 23.2 Å². The van der Waals surface area contributed by atoms with Gasteiger partial charge >= 0.3 is 5.97 Å². The van der Waals surface area contributed by atoms with Crippen molar-refractivity contribution in [1.82, 2.24) is 0 Å². The Morgan fingerprint density at radius 3 is 2.32 bits per heavy atom. The van der Waals surface area contributed by atoms with Crippen molar-refractivity contribution in [3.63, 3.8) is 0 Å². The van der Waals surface area contributed by atoms with Gasteiger partial charge in [0.15, 0.2) is 0 Å². The van der Waals surface area contributed by atoms with E-state index in [1.165, 1.54) is 0 Å². The van der Waals surface area contributed by atoms with Crippen LogP contribution in [0.15, 0.2) is 42.5 Å². The minimum Gasteiger partial charge on any atom is -0.478 e. The molecule has 0 radical (unpaired) electrons. The van der Waals surface area contributed by atoms with E-state index in [1.54, 1.807) is 12.1 Å². The van der Waals surface area contributed by atoms with Crippen molar-refractivity contribution in [1.29, 1.82) is 0 Å². The van der Waals surface area contributed by atoms with Gasteiger partial charge in [0, 0.05) is 5.56 Å². The van der Waals surface area contributed by atoms with Crippen LogP contribution in [0.2, 0.25) is 0 Å². The van der Waals surface area contributed by atoms with E-state index in [1.807, 2.05) is 30.3 Å². The lowest BCUT2D eigenvalue weighted by atomic mass is 9.82. The van der Waals surface area contributed by atoms with Crippen molar-refractivity contribution in [2.24, 2.45) is 0 Å². The minimum absolute atomic E-state index is 0.263. The molecule has 4 heteroatoms. The Bertz CT molecular complexity index is 667. The third-order valence-corrected chi connectivity index (χ3v) is 4.51. The molecule has 3 rings (SSSR count). The first-order chi connectivity index (χ1) is 9.11. The molecule has 2 atom stereocenters. The second kappa shape index (κ2) is 4.55. The molecule has 0 fully saturated rings. The predicted octanol–water partition coefficient (Wildman–Crippen LogP) is 4.63. The Morgan fingerprint density at radius 1 is 0.947 bits per heavy atom. The molecule has 1 aliphatic rings. The highest BCUT2D eigenvalue weighted by atomic mass is 35.5. The molecule has 2 nitrogen and oxygen atoms in total. The summed E-state index contributed by atoms with van der Waals surface area (Å²) in [5, 5.41) is 8.56. The van der Waals surface area contributed by atoms with E-state index in [9.17, 15) is 9.90 Å². The lowest BCUT2D eigenvalue weighted by Crippen LogP contribution is -2.13. The summed E-state index contributed by atoms with van der Waals surface area (Å²) in [4.78, 5) is 11.4. The topological polar surface area (TPSA) is 37.3 Å². The molecule has 1 N–H and O–H groups in total. The molecule has 96 valence electrons. The Kier molecular flexibility index (Phi) is 3.00. The van der Waals surface area contributed by atoms with Gasteiger partial charge in [-0.15, -0.1) is 23.2 Å². The summed E-state index contributed by atoms with van der Waals surface area (Å²) < 4.78 is 0. The third kappa shape index (κ3) is 1.83. The summed E-state index contributed by atoms with van der Waals surface area (Å²) in [7, 11) is 0. The summed E-state index contributed by atoms with van der Waals surface area (Å²) in [6.45, 7) is 0. The van der Waals surface area contributed by atoms with E-state index in [2.05, 4.69) is 0 Å². The summed E-state index contributed by atoms with van der Waals surface area (Å²) in [5.74, 6) is -0.955. The highest BCUT2D eigenvalue weighted by Gasteiger charge is 2.33. The number of rotatable bonds is 1. The maximum Gasteiger partial charge on any atom is 0.336 e. The maximum atomic E-state index is 11.4. The summed E-state index contributed by atoms with van der Waals surface area (Å²) in [5.41, 5.74) is 3.46. The Labute approximate surface area is 120 Å². The van der Waals surface area contributed by atoms with Crippen LogP contribution in [0.3, 0.4) is 0 Å². The zero-order valence-electron chi connectivity index (χ0n) is 9.81. The van der Waals surface area contributed by atoms with Gasteiger partial charge in [0.2, 0.25) is 0 Å². The molecular weight excluding hydrogens is 283 g/mol. The quantitative estimate of drug-likeness (QED) is 0.779. The van der Waals surface area contributed by atoms with Gasteiger partial charge in [-0.3, -0.25) is 0 Å². The third-order valence-electron chi connectivity index (χ3n) is 3.41. The smallest absolute Gasteiger partial charge is 0.336 e. The molecule has 0 heterocycles. The average molecular weight is 293 g/mol. The lowest BCUT2D eigenvalue weighted by molar-refractivity contribution is 0.0697. The van der Waals surface area contributed by atoms with Gasteiger partial charge in [-0.2, -0.15) is 0 Å². The van der Waals surface area contributed by atoms with Crippen molar-refractivity contribution in [2.45, 2.75) is 10.8 Å². The van der Waals surface area contributed by atoms with Crippen molar-refractivity contribution >= 4 is 29.2 Å². The molecule has 2 aromatic rings. The average Bonchev–Trinajstić information content (AvgIpc) is 2.44. The van der Waals surface area contributed by atoms with Crippen LogP contribution in [0.25, 0.3) is 11.1 Å². The maximum absolute atomic E-state index is 11.4. The first kappa shape index (κ1) is 12.5. The Hall–Kier alpha value is -1.51. The molecule has 0 aromatic heterocycles. The number of fused-ring (bicyclic) bond motifs is 3. The molecule has 0 saturated heterocycles. The van der Waals surface area contributed by atoms with Gasteiger partial charge in [0.1, 0.15) is 0 Å². The van der Waals surface area contributed by atoms with E-state index in [0.717, 1.165) is 16.7 Å². The van der Waals surface area contributed by atoms with Crippen molar-refractivity contribution in [3.05, 3.63) is 59.2 Å². The zero-order chi connectivity index (χ0) is 13.6. The Balaban J connectivity index is 2.38. The number of carbonyl (C=O) groups is 1. The van der Waals surface area contributed by atoms with Crippen molar-refractivity contribution < 1.29 is 9.90 Å². The van der Waals surface area contributed by atoms with Crippen LogP contribution in [0.1, 0.15) is 32.2 Å². The SMILES string of the molecule is O=C(O)c1cccc2c1-c1ccccc1[C@H](Cl)[C@@H]2Cl. The van der Waals surface area contributed by atoms with Gasteiger partial charge in [0.05, 0.1) is 16.3 Å². The van der Waals surface area contributed by atoms with Crippen LogP contribution >= 0.6 is 23.2 Å². The highest BCUT2D eigenvalue weighted by molar-refractivity contribution is 6.31. The molecule has 0 spiro atoms. The van der Waals surface area contributed by atoms with Crippen LogP contribution in [0, 0.1) is 0 Å². The van der Waals surface area contributed by atoms with Gasteiger partial charge in [0.25, 0.3) is 0 Å². The minimum atomic E-state index is -0.955. The summed E-state index contributed by atoms with van der Waals surface area (Å²) in [6, 6.07) is 12.7. The van der Waals surface area contributed by atoms with Gasteiger partial charge in [-0.25, -0.2) is 4.79 Å². The van der Waals surface area contributed by atoms with Crippen LogP contribution in [0.4, 0.5) is 0 Å². The van der Waals surface area contributed by atoms with Crippen LogP contribution < -0.4 is 0 Å². The lowest BCUT2D eigenvalue weighted by Gasteiger charge is -2.29. The molecule has 0 unspecified atom stereocenters. The van der Waals surface area contributed by atoms with E-state index < -0.39 is 11.3 Å². The first-order valence-electron chi connectivity index (χ1n) is 5.85. The van der Waals surface area contributed by atoms with Gasteiger partial charge in [-0.05, 0) is 22.8 Å². The summed E-state index contributed by atoms with van der Waals surface area (Å²) in [6.07, 6.45) is 0. The molecule has 0 amide bonds. The fourth-order valence-corrected chi connectivity index (χ4v) is 3.20.